The molecule has 2 amide bonds. The molecule has 23 heavy (non-hydrogen) atoms. The van der Waals surface area contributed by atoms with Crippen molar-refractivity contribution in [1.29, 1.82) is 0 Å². The summed E-state index contributed by atoms with van der Waals surface area (Å²) in [5.74, 6) is -1.22. The van der Waals surface area contributed by atoms with Crippen LogP contribution in [0.5, 0.6) is 0 Å². The van der Waals surface area contributed by atoms with Crippen LogP contribution in [0.3, 0.4) is 0 Å². The van der Waals surface area contributed by atoms with E-state index in [4.69, 9.17) is 4.74 Å². The van der Waals surface area contributed by atoms with Gasteiger partial charge in [0.05, 0.1) is 18.4 Å². The first-order valence-corrected chi connectivity index (χ1v) is 7.35. The predicted octanol–water partition coefficient (Wildman–Crippen LogP) is 2.27. The highest BCUT2D eigenvalue weighted by Crippen LogP contribution is 2.15. The Morgan fingerprint density at radius 1 is 1.30 bits per heavy atom. The van der Waals surface area contributed by atoms with Crippen LogP contribution in [0.2, 0.25) is 0 Å². The number of unbranched alkanes of at least 4 members (excludes halogenated alkanes) is 1. The molecule has 0 bridgehead atoms. The van der Waals surface area contributed by atoms with Gasteiger partial charge in [0.15, 0.2) is 0 Å². The van der Waals surface area contributed by atoms with E-state index in [1.807, 2.05) is 0 Å². The van der Waals surface area contributed by atoms with E-state index >= 15 is 0 Å². The number of anilines is 1. The van der Waals surface area contributed by atoms with Crippen LogP contribution in [0.1, 0.15) is 36.5 Å². The number of methoxy groups -OCH3 is 1. The maximum atomic E-state index is 12.4. The van der Waals surface area contributed by atoms with Crippen LogP contribution in [-0.4, -0.2) is 30.9 Å². The van der Waals surface area contributed by atoms with Crippen LogP contribution in [0.25, 0.3) is 0 Å². The Morgan fingerprint density at radius 2 is 2.00 bits per heavy atom. The van der Waals surface area contributed by atoms with Crippen molar-refractivity contribution >= 4 is 23.5 Å². The summed E-state index contributed by atoms with van der Waals surface area (Å²) in [7, 11) is 1.28. The van der Waals surface area contributed by atoms with Crippen molar-refractivity contribution < 1.29 is 19.1 Å². The minimum atomic E-state index is -0.738. The molecule has 1 aromatic carbocycles. The van der Waals surface area contributed by atoms with E-state index in [2.05, 4.69) is 17.2 Å². The van der Waals surface area contributed by atoms with Crippen molar-refractivity contribution in [2.24, 2.45) is 0 Å². The van der Waals surface area contributed by atoms with Crippen LogP contribution in [0.15, 0.2) is 36.9 Å². The second kappa shape index (κ2) is 9.40. The van der Waals surface area contributed by atoms with Crippen LogP contribution in [-0.2, 0) is 14.3 Å². The molecule has 0 aromatic heterocycles. The lowest BCUT2D eigenvalue weighted by Gasteiger charge is -2.17. The molecule has 0 unspecified atom stereocenters. The number of carbonyl (C=O) groups is 3. The number of amides is 2. The molecule has 0 fully saturated rings. The molecular weight excluding hydrogens is 296 g/mol. The Bertz CT molecular complexity index is 584. The van der Waals surface area contributed by atoms with Crippen molar-refractivity contribution in [2.45, 2.75) is 32.2 Å². The number of nitrogens with one attached hydrogen (secondary N) is 2. The quantitative estimate of drug-likeness (QED) is 0.437. The highest BCUT2D eigenvalue weighted by molar-refractivity contribution is 6.04. The summed E-state index contributed by atoms with van der Waals surface area (Å²) in [5.41, 5.74) is 0.688. The van der Waals surface area contributed by atoms with Gasteiger partial charge in [0.1, 0.15) is 6.04 Å². The number of para-hydroxylation sites is 1. The molecule has 1 atom stereocenters. The van der Waals surface area contributed by atoms with Crippen LogP contribution in [0.4, 0.5) is 5.69 Å². The van der Waals surface area contributed by atoms with Crippen molar-refractivity contribution in [3.05, 3.63) is 42.5 Å². The molecule has 1 aromatic rings. The Kier molecular flexibility index (Phi) is 7.53. The molecule has 6 nitrogen and oxygen atoms in total. The first kappa shape index (κ1) is 18.4. The average molecular weight is 318 g/mol. The number of ether oxygens (including phenoxy) is 1. The summed E-state index contributed by atoms with van der Waals surface area (Å²) in [4.78, 5) is 35.4. The zero-order valence-corrected chi connectivity index (χ0v) is 13.4. The first-order valence-electron chi connectivity index (χ1n) is 7.35. The number of carbonyl (C=O) groups excluding carboxylic acids is 3. The molecule has 0 saturated carbocycles. The third-order valence-electron chi connectivity index (χ3n) is 3.17. The summed E-state index contributed by atoms with van der Waals surface area (Å²) in [6.07, 6.45) is 3.65. The van der Waals surface area contributed by atoms with Crippen molar-refractivity contribution in [2.75, 3.05) is 12.4 Å². The fourth-order valence-corrected chi connectivity index (χ4v) is 2.07. The van der Waals surface area contributed by atoms with Crippen LogP contribution < -0.4 is 10.6 Å². The molecule has 1 rings (SSSR count). The van der Waals surface area contributed by atoms with Gasteiger partial charge in [0.25, 0.3) is 5.91 Å². The van der Waals surface area contributed by atoms with Crippen molar-refractivity contribution in [3.8, 4) is 0 Å². The van der Waals surface area contributed by atoms with Crippen LogP contribution >= 0.6 is 0 Å². The Balaban J connectivity index is 2.87. The lowest BCUT2D eigenvalue weighted by molar-refractivity contribution is -0.143. The van der Waals surface area contributed by atoms with E-state index in [9.17, 15) is 14.4 Å². The van der Waals surface area contributed by atoms with Crippen molar-refractivity contribution in [3.63, 3.8) is 0 Å². The average Bonchev–Trinajstić information content (AvgIpc) is 2.53. The van der Waals surface area contributed by atoms with Gasteiger partial charge in [-0.2, -0.15) is 0 Å². The Morgan fingerprint density at radius 3 is 2.61 bits per heavy atom. The molecule has 0 aliphatic heterocycles. The van der Waals surface area contributed by atoms with Gasteiger partial charge in [-0.15, -0.1) is 6.58 Å². The number of allylic oxidation sites excluding steroid dienone is 1. The van der Waals surface area contributed by atoms with Gasteiger partial charge < -0.3 is 15.4 Å². The zero-order valence-electron chi connectivity index (χ0n) is 13.4. The van der Waals surface area contributed by atoms with E-state index in [1.165, 1.54) is 14.0 Å². The van der Waals surface area contributed by atoms with Crippen LogP contribution in [0, 0.1) is 0 Å². The molecular formula is C17H22N2O4. The molecule has 124 valence electrons. The molecule has 6 heteroatoms. The lowest BCUT2D eigenvalue weighted by Crippen LogP contribution is -2.41. The molecule has 2 N–H and O–H groups in total. The SMILES string of the molecule is C=CCCC[C@@H](NC(=O)c1ccccc1NC(C)=O)C(=O)OC. The summed E-state index contributed by atoms with van der Waals surface area (Å²) in [6, 6.07) is 5.87. The second-order valence-electron chi connectivity index (χ2n) is 5.00. The molecule has 0 aliphatic carbocycles. The Labute approximate surface area is 135 Å². The third-order valence-corrected chi connectivity index (χ3v) is 3.17. The second-order valence-corrected chi connectivity index (χ2v) is 5.00. The zero-order chi connectivity index (χ0) is 17.2. The van der Waals surface area contributed by atoms with Gasteiger partial charge in [-0.3, -0.25) is 9.59 Å². The Hall–Kier alpha value is -2.63. The molecule has 0 saturated heterocycles. The molecule has 0 spiro atoms. The maximum Gasteiger partial charge on any atom is 0.328 e. The van der Waals surface area contributed by atoms with Gasteiger partial charge >= 0.3 is 5.97 Å². The fourth-order valence-electron chi connectivity index (χ4n) is 2.07. The highest BCUT2D eigenvalue weighted by Gasteiger charge is 2.22. The summed E-state index contributed by atoms with van der Waals surface area (Å²) in [6.45, 7) is 4.99. The van der Waals surface area contributed by atoms with Gasteiger partial charge in [0.2, 0.25) is 5.91 Å². The monoisotopic (exact) mass is 318 g/mol. The molecule has 0 heterocycles. The third kappa shape index (κ3) is 5.94. The number of rotatable bonds is 8. The van der Waals surface area contributed by atoms with Gasteiger partial charge in [-0.1, -0.05) is 18.2 Å². The lowest BCUT2D eigenvalue weighted by atomic mass is 10.1. The fraction of sp³-hybridized carbons (Fsp3) is 0.353. The smallest absolute Gasteiger partial charge is 0.328 e. The summed E-state index contributed by atoms with van der Waals surface area (Å²) in [5, 5.41) is 5.25. The van der Waals surface area contributed by atoms with Gasteiger partial charge in [-0.25, -0.2) is 4.79 Å². The topological polar surface area (TPSA) is 84.5 Å². The normalized spacial score (nSPS) is 11.2. The van der Waals surface area contributed by atoms with Gasteiger partial charge in [-0.05, 0) is 31.4 Å². The minimum absolute atomic E-state index is 0.277. The standard InChI is InChI=1S/C17H22N2O4/c1-4-5-6-11-15(17(22)23-3)19-16(21)13-9-7-8-10-14(13)18-12(2)20/h4,7-10,15H,1,5-6,11H2,2-3H3,(H,18,20)(H,19,21)/t15-/m1/s1. The van der Waals surface area contributed by atoms with E-state index in [0.29, 0.717) is 24.1 Å². The molecule has 0 radical (unpaired) electrons. The van der Waals surface area contributed by atoms with E-state index < -0.39 is 17.9 Å². The van der Waals surface area contributed by atoms with E-state index in [-0.39, 0.29) is 5.91 Å². The number of esters is 1. The largest absolute Gasteiger partial charge is 0.467 e. The first-order chi connectivity index (χ1) is 11.0. The maximum absolute atomic E-state index is 12.4. The summed E-state index contributed by atoms with van der Waals surface area (Å²) >= 11 is 0. The number of hydrogen-bond acceptors (Lipinski definition) is 4. The summed E-state index contributed by atoms with van der Waals surface area (Å²) < 4.78 is 4.73. The van der Waals surface area contributed by atoms with E-state index in [1.54, 1.807) is 30.3 Å². The minimum Gasteiger partial charge on any atom is -0.467 e. The highest BCUT2D eigenvalue weighted by atomic mass is 16.5. The van der Waals surface area contributed by atoms with E-state index in [0.717, 1.165) is 6.42 Å². The predicted molar refractivity (Wildman–Crippen MR) is 88.1 cm³/mol. The number of benzene rings is 1. The van der Waals surface area contributed by atoms with Crippen molar-refractivity contribution in [1.82, 2.24) is 5.32 Å². The number of hydrogen-bond donors (Lipinski definition) is 2. The molecule has 0 aliphatic rings. The van der Waals surface area contributed by atoms with Gasteiger partial charge in [0, 0.05) is 6.92 Å².